The number of nitro groups is 1. The fourth-order valence-electron chi connectivity index (χ4n) is 6.59. The van der Waals surface area contributed by atoms with Crippen LogP contribution in [0.15, 0.2) is 41.5 Å². The van der Waals surface area contributed by atoms with Gasteiger partial charge in [0.25, 0.3) is 5.69 Å². The Hall–Kier alpha value is -3.46. The average Bonchev–Trinajstić information content (AvgIpc) is 2.98. The Bertz CT molecular complexity index is 1250. The summed E-state index contributed by atoms with van der Waals surface area (Å²) in [7, 11) is 3.25. The third-order valence-electron chi connectivity index (χ3n) is 8.80. The van der Waals surface area contributed by atoms with Crippen molar-refractivity contribution in [1.82, 2.24) is 9.91 Å². The van der Waals surface area contributed by atoms with Crippen LogP contribution < -0.4 is 9.47 Å². The maximum absolute atomic E-state index is 14.0. The molecule has 2 aliphatic heterocycles. The molecule has 220 valence electrons. The molecule has 0 aromatic heterocycles. The van der Waals surface area contributed by atoms with Gasteiger partial charge in [0.15, 0.2) is 11.5 Å². The van der Waals surface area contributed by atoms with E-state index in [1.807, 2.05) is 12.1 Å². The van der Waals surface area contributed by atoms with Crippen LogP contribution in [0, 0.1) is 10.1 Å². The van der Waals surface area contributed by atoms with Gasteiger partial charge in [-0.25, -0.2) is 5.01 Å². The van der Waals surface area contributed by atoms with Crippen molar-refractivity contribution in [1.29, 1.82) is 0 Å². The zero-order valence-electron chi connectivity index (χ0n) is 24.3. The number of amides is 1. The topological polar surface area (TPSA) is 97.5 Å². The monoisotopic (exact) mass is 562 g/mol. The first-order chi connectivity index (χ1) is 20.0. The van der Waals surface area contributed by atoms with Gasteiger partial charge in [-0.1, -0.05) is 44.9 Å². The highest BCUT2D eigenvalue weighted by molar-refractivity contribution is 5.87. The van der Waals surface area contributed by atoms with E-state index in [1.54, 1.807) is 31.4 Å². The number of nitrogens with zero attached hydrogens (tertiary/aromatic N) is 4. The second-order valence-electron chi connectivity index (χ2n) is 11.4. The van der Waals surface area contributed by atoms with Gasteiger partial charge in [-0.3, -0.25) is 19.8 Å². The Balaban J connectivity index is 1.52. The van der Waals surface area contributed by atoms with E-state index in [0.717, 1.165) is 61.1 Å². The van der Waals surface area contributed by atoms with Crippen LogP contribution in [0.2, 0.25) is 0 Å². The molecule has 2 aromatic rings. The van der Waals surface area contributed by atoms with E-state index in [0.29, 0.717) is 17.9 Å². The lowest BCUT2D eigenvalue weighted by atomic mass is 9.87. The summed E-state index contributed by atoms with van der Waals surface area (Å²) in [4.78, 5) is 27.3. The molecule has 1 aliphatic carbocycles. The predicted octanol–water partition coefficient (Wildman–Crippen LogP) is 7.10. The van der Waals surface area contributed by atoms with Crippen molar-refractivity contribution >= 4 is 17.3 Å². The molecule has 1 saturated heterocycles. The number of hydrogen-bond donors (Lipinski definition) is 0. The fourth-order valence-corrected chi connectivity index (χ4v) is 6.59. The number of methoxy groups -OCH3 is 2. The summed E-state index contributed by atoms with van der Waals surface area (Å²) in [5.41, 5.74) is 4.17. The van der Waals surface area contributed by atoms with Crippen LogP contribution in [0.3, 0.4) is 0 Å². The molecule has 0 N–H and O–H groups in total. The van der Waals surface area contributed by atoms with Gasteiger partial charge >= 0.3 is 0 Å². The third kappa shape index (κ3) is 6.56. The first-order valence-electron chi connectivity index (χ1n) is 15.1. The largest absolute Gasteiger partial charge is 0.493 e. The minimum atomic E-state index is -0.447. The Morgan fingerprint density at radius 3 is 2.02 bits per heavy atom. The number of nitro benzene ring substituents is 1. The number of carbonyl (C=O) groups is 1. The quantitative estimate of drug-likeness (QED) is 0.285. The van der Waals surface area contributed by atoms with Crippen molar-refractivity contribution in [2.45, 2.75) is 95.7 Å². The van der Waals surface area contributed by atoms with Crippen molar-refractivity contribution in [2.24, 2.45) is 5.10 Å². The molecule has 2 aromatic carbocycles. The Morgan fingerprint density at radius 1 is 0.854 bits per heavy atom. The molecule has 1 saturated carbocycles. The summed E-state index contributed by atoms with van der Waals surface area (Å²) in [6.45, 7) is 0.726. The summed E-state index contributed by atoms with van der Waals surface area (Å²) < 4.78 is 11.2. The Kier molecular flexibility index (Phi) is 9.54. The van der Waals surface area contributed by atoms with Crippen LogP contribution in [0.5, 0.6) is 11.5 Å². The van der Waals surface area contributed by atoms with Gasteiger partial charge in [-0.05, 0) is 73.1 Å². The molecule has 3 aliphatic rings. The molecule has 0 bridgehead atoms. The van der Waals surface area contributed by atoms with Gasteiger partial charge < -0.3 is 9.47 Å². The lowest BCUT2D eigenvalue weighted by molar-refractivity contribution is -0.384. The third-order valence-corrected chi connectivity index (χ3v) is 8.80. The normalized spacial score (nSPS) is 22.5. The molecule has 1 amide bonds. The van der Waals surface area contributed by atoms with Crippen LogP contribution in [0.4, 0.5) is 5.69 Å². The highest BCUT2D eigenvalue weighted by atomic mass is 16.6. The maximum Gasteiger partial charge on any atom is 0.269 e. The molecule has 9 nitrogen and oxygen atoms in total. The molecule has 2 atom stereocenters. The molecule has 5 rings (SSSR count). The highest BCUT2D eigenvalue weighted by Crippen LogP contribution is 2.47. The summed E-state index contributed by atoms with van der Waals surface area (Å²) in [5, 5.41) is 18.2. The number of benzene rings is 2. The average molecular weight is 563 g/mol. The van der Waals surface area contributed by atoms with Crippen LogP contribution in [0.1, 0.15) is 106 Å². The molecular weight excluding hydrogens is 520 g/mol. The van der Waals surface area contributed by atoms with E-state index in [1.165, 1.54) is 57.1 Å². The summed E-state index contributed by atoms with van der Waals surface area (Å²) in [5.74, 6) is 1.29. The van der Waals surface area contributed by atoms with Gasteiger partial charge in [0.05, 0.1) is 19.1 Å². The molecule has 9 heteroatoms. The standard InChI is InChI=1S/C32H42N4O5/c1-40-29-20-24-18-19-34-28(27(24)21-30(29)41-2)22-31(37)35(32(34)23-14-16-26(17-15-23)36(38)39)33-25-12-10-8-6-4-3-5-7-9-11-13-25/h14-17,20-21,28,32H,3-13,18-19,22H2,1-2H3/t28-,32-/m1/s1. The van der Waals surface area contributed by atoms with Crippen molar-refractivity contribution in [3.05, 3.63) is 63.2 Å². The fraction of sp³-hybridized carbons (Fsp3) is 0.562. The van der Waals surface area contributed by atoms with Gasteiger partial charge in [0.2, 0.25) is 5.91 Å². The first kappa shape index (κ1) is 29.0. The van der Waals surface area contributed by atoms with Gasteiger partial charge in [0, 0.05) is 36.9 Å². The van der Waals surface area contributed by atoms with Crippen molar-refractivity contribution in [3.8, 4) is 11.5 Å². The van der Waals surface area contributed by atoms with Crippen molar-refractivity contribution in [2.75, 3.05) is 20.8 Å². The zero-order valence-corrected chi connectivity index (χ0v) is 24.3. The molecule has 0 spiro atoms. The summed E-state index contributed by atoms with van der Waals surface area (Å²) in [6.07, 6.45) is 13.4. The van der Waals surface area contributed by atoms with Gasteiger partial charge in [-0.2, -0.15) is 5.10 Å². The number of ether oxygens (including phenoxy) is 2. The van der Waals surface area contributed by atoms with Crippen molar-refractivity contribution < 1.29 is 19.2 Å². The van der Waals surface area contributed by atoms with E-state index < -0.39 is 11.1 Å². The van der Waals surface area contributed by atoms with Gasteiger partial charge in [-0.15, -0.1) is 0 Å². The number of fused-ring (bicyclic) bond motifs is 3. The highest BCUT2D eigenvalue weighted by Gasteiger charge is 2.44. The summed E-state index contributed by atoms with van der Waals surface area (Å²) in [6, 6.07) is 10.5. The molecular formula is C32H42N4O5. The minimum Gasteiger partial charge on any atom is -0.493 e. The summed E-state index contributed by atoms with van der Waals surface area (Å²) >= 11 is 0. The Labute approximate surface area is 242 Å². The van der Waals surface area contributed by atoms with Crippen LogP contribution >= 0.6 is 0 Å². The number of hydrazone groups is 1. The van der Waals surface area contributed by atoms with Gasteiger partial charge in [0.1, 0.15) is 6.17 Å². The number of hydrogen-bond acceptors (Lipinski definition) is 7. The smallest absolute Gasteiger partial charge is 0.269 e. The van der Waals surface area contributed by atoms with E-state index in [9.17, 15) is 14.9 Å². The first-order valence-corrected chi connectivity index (χ1v) is 15.1. The second-order valence-corrected chi connectivity index (χ2v) is 11.4. The molecule has 2 heterocycles. The van der Waals surface area contributed by atoms with E-state index in [-0.39, 0.29) is 17.6 Å². The zero-order chi connectivity index (χ0) is 28.8. The Morgan fingerprint density at radius 2 is 1.44 bits per heavy atom. The maximum atomic E-state index is 14.0. The second kappa shape index (κ2) is 13.5. The number of non-ortho nitro benzene ring substituents is 1. The lowest BCUT2D eigenvalue weighted by Crippen LogP contribution is -2.52. The number of rotatable bonds is 5. The molecule has 41 heavy (non-hydrogen) atoms. The van der Waals surface area contributed by atoms with Crippen LogP contribution in [-0.4, -0.2) is 47.2 Å². The van der Waals surface area contributed by atoms with E-state index >= 15 is 0 Å². The number of carbonyl (C=O) groups excluding carboxylic acids is 1. The molecule has 2 fully saturated rings. The van der Waals surface area contributed by atoms with Crippen molar-refractivity contribution in [3.63, 3.8) is 0 Å². The minimum absolute atomic E-state index is 0.0316. The van der Waals surface area contributed by atoms with E-state index in [2.05, 4.69) is 4.90 Å². The SMILES string of the molecule is COc1cc2c(cc1OC)[C@H]1CC(=O)N(N=C3CCCCCCCCCCC3)[C@H](c3ccc([N+](=O)[O-])cc3)N1CC2. The lowest BCUT2D eigenvalue weighted by Gasteiger charge is -2.49. The molecule has 0 radical (unpaired) electrons. The molecule has 0 unspecified atom stereocenters. The predicted molar refractivity (Wildman–Crippen MR) is 158 cm³/mol. The van der Waals surface area contributed by atoms with E-state index in [4.69, 9.17) is 14.6 Å². The van der Waals surface area contributed by atoms with Crippen LogP contribution in [0.25, 0.3) is 0 Å². The van der Waals surface area contributed by atoms with Crippen LogP contribution in [-0.2, 0) is 11.2 Å².